The fraction of sp³-hybridized carbons (Fsp3) is 0.462. The topological polar surface area (TPSA) is 86.7 Å². The highest BCUT2D eigenvalue weighted by Crippen LogP contribution is 2.17. The summed E-state index contributed by atoms with van der Waals surface area (Å²) in [7, 11) is -3.48. The van der Waals surface area contributed by atoms with Crippen LogP contribution in [0.15, 0.2) is 29.2 Å². The van der Waals surface area contributed by atoms with Crippen LogP contribution in [0, 0.1) is 0 Å². The van der Waals surface area contributed by atoms with Crippen molar-refractivity contribution in [1.82, 2.24) is 4.72 Å². The zero-order chi connectivity index (χ0) is 15.2. The van der Waals surface area contributed by atoms with E-state index in [4.69, 9.17) is 5.11 Å². The van der Waals surface area contributed by atoms with Gasteiger partial charge in [0.2, 0.25) is 10.0 Å². The van der Waals surface area contributed by atoms with Gasteiger partial charge in [0, 0.05) is 18.8 Å². The van der Waals surface area contributed by atoms with E-state index in [1.807, 2.05) is 13.8 Å². The maximum atomic E-state index is 11.9. The predicted octanol–water partition coefficient (Wildman–Crippen LogP) is 1.29. The molecule has 0 aromatic heterocycles. The van der Waals surface area contributed by atoms with E-state index in [9.17, 15) is 13.2 Å². The highest BCUT2D eigenvalue weighted by Gasteiger charge is 2.14. The molecule has 0 unspecified atom stereocenters. The van der Waals surface area contributed by atoms with E-state index < -0.39 is 16.0 Å². The van der Waals surface area contributed by atoms with Gasteiger partial charge in [-0.1, -0.05) is 6.92 Å². The number of likely N-dealkylation sites (N-methyl/N-ethyl adjacent to an activating group) is 1. The van der Waals surface area contributed by atoms with Crippen LogP contribution < -0.4 is 9.62 Å². The molecule has 0 radical (unpaired) electrons. The zero-order valence-electron chi connectivity index (χ0n) is 11.7. The second-order valence-corrected chi connectivity index (χ2v) is 6.07. The van der Waals surface area contributed by atoms with Crippen LogP contribution in [-0.2, 0) is 14.8 Å². The molecule has 0 aliphatic carbocycles. The summed E-state index contributed by atoms with van der Waals surface area (Å²) in [4.78, 5) is 12.6. The van der Waals surface area contributed by atoms with Crippen molar-refractivity contribution in [1.29, 1.82) is 0 Å². The Bertz CT molecular complexity index is 540. The van der Waals surface area contributed by atoms with E-state index in [1.165, 1.54) is 12.1 Å². The van der Waals surface area contributed by atoms with Crippen LogP contribution in [0.5, 0.6) is 0 Å². The van der Waals surface area contributed by atoms with Crippen molar-refractivity contribution in [3.05, 3.63) is 24.3 Å². The van der Waals surface area contributed by atoms with Crippen LogP contribution in [0.1, 0.15) is 20.3 Å². The number of aliphatic carboxylic acids is 1. The molecule has 0 aliphatic heterocycles. The molecule has 0 spiro atoms. The molecule has 0 saturated carbocycles. The average Bonchev–Trinajstić information content (AvgIpc) is 2.42. The minimum absolute atomic E-state index is 0.114. The molecule has 6 nitrogen and oxygen atoms in total. The number of carboxylic acids is 1. The molecule has 0 fully saturated rings. The number of anilines is 1. The zero-order valence-corrected chi connectivity index (χ0v) is 12.5. The van der Waals surface area contributed by atoms with Gasteiger partial charge in [-0.3, -0.25) is 4.79 Å². The number of nitrogens with one attached hydrogen (secondary N) is 1. The molecule has 0 atom stereocenters. The molecule has 2 N–H and O–H groups in total. The standard InChI is InChI=1S/C13H20N2O4S/c1-3-9-14-20(18,19)12-7-5-11(6-8-12)15(4-2)10-13(16)17/h5-8,14H,3-4,9-10H2,1-2H3,(H,16,17). The SMILES string of the molecule is CCCNS(=O)(=O)c1ccc(N(CC)CC(=O)O)cc1. The lowest BCUT2D eigenvalue weighted by atomic mass is 10.3. The van der Waals surface area contributed by atoms with Crippen molar-refractivity contribution in [3.8, 4) is 0 Å². The lowest BCUT2D eigenvalue weighted by Crippen LogP contribution is -2.29. The Kier molecular flexibility index (Phi) is 5.97. The van der Waals surface area contributed by atoms with Crippen molar-refractivity contribution < 1.29 is 18.3 Å². The predicted molar refractivity (Wildman–Crippen MR) is 77.4 cm³/mol. The fourth-order valence-corrected chi connectivity index (χ4v) is 2.84. The third-order valence-corrected chi connectivity index (χ3v) is 4.24. The summed E-state index contributed by atoms with van der Waals surface area (Å²) in [6.45, 7) is 4.54. The molecule has 1 rings (SSSR count). The van der Waals surface area contributed by atoms with Crippen molar-refractivity contribution in [2.75, 3.05) is 24.5 Å². The van der Waals surface area contributed by atoms with E-state index in [0.29, 0.717) is 18.8 Å². The molecule has 0 heterocycles. The number of carboxylic acid groups (broad SMARTS) is 1. The molecule has 112 valence electrons. The lowest BCUT2D eigenvalue weighted by Gasteiger charge is -2.21. The van der Waals surface area contributed by atoms with Gasteiger partial charge in [-0.05, 0) is 37.6 Å². The van der Waals surface area contributed by atoms with Gasteiger partial charge < -0.3 is 10.0 Å². The number of benzene rings is 1. The Labute approximate surface area is 119 Å². The summed E-state index contributed by atoms with van der Waals surface area (Å²) in [5, 5.41) is 8.81. The van der Waals surface area contributed by atoms with E-state index in [-0.39, 0.29) is 11.4 Å². The Morgan fingerprint density at radius 3 is 2.30 bits per heavy atom. The largest absolute Gasteiger partial charge is 0.480 e. The molecule has 0 amide bonds. The molecule has 7 heteroatoms. The van der Waals surface area contributed by atoms with Crippen LogP contribution >= 0.6 is 0 Å². The van der Waals surface area contributed by atoms with Crippen LogP contribution in [0.2, 0.25) is 0 Å². The van der Waals surface area contributed by atoms with Gasteiger partial charge in [0.05, 0.1) is 4.90 Å². The summed E-state index contributed by atoms with van der Waals surface area (Å²) < 4.78 is 26.3. The summed E-state index contributed by atoms with van der Waals surface area (Å²) >= 11 is 0. The van der Waals surface area contributed by atoms with Crippen LogP contribution in [0.3, 0.4) is 0 Å². The minimum Gasteiger partial charge on any atom is -0.480 e. The van der Waals surface area contributed by atoms with Crippen molar-refractivity contribution in [2.24, 2.45) is 0 Å². The average molecular weight is 300 g/mol. The molecular formula is C13H20N2O4S. The molecule has 0 saturated heterocycles. The summed E-state index contributed by atoms with van der Waals surface area (Å²) in [5.74, 6) is -0.923. The Hall–Kier alpha value is -1.60. The highest BCUT2D eigenvalue weighted by molar-refractivity contribution is 7.89. The number of rotatable bonds is 8. The molecular weight excluding hydrogens is 280 g/mol. The van der Waals surface area contributed by atoms with E-state index in [2.05, 4.69) is 4.72 Å². The van der Waals surface area contributed by atoms with Gasteiger partial charge in [0.15, 0.2) is 0 Å². The second kappa shape index (κ2) is 7.25. The number of hydrogen-bond donors (Lipinski definition) is 2. The van der Waals surface area contributed by atoms with Gasteiger partial charge in [-0.15, -0.1) is 0 Å². The first-order valence-electron chi connectivity index (χ1n) is 6.47. The van der Waals surface area contributed by atoms with E-state index >= 15 is 0 Å². The quantitative estimate of drug-likeness (QED) is 0.755. The van der Waals surface area contributed by atoms with Gasteiger partial charge in [0.25, 0.3) is 0 Å². The van der Waals surface area contributed by atoms with Gasteiger partial charge in [-0.25, -0.2) is 13.1 Å². The first kappa shape index (κ1) is 16.5. The number of hydrogen-bond acceptors (Lipinski definition) is 4. The van der Waals surface area contributed by atoms with Gasteiger partial charge in [0.1, 0.15) is 6.54 Å². The maximum Gasteiger partial charge on any atom is 0.323 e. The summed E-state index contributed by atoms with van der Waals surface area (Å²) in [6, 6.07) is 6.20. The third-order valence-electron chi connectivity index (χ3n) is 2.76. The van der Waals surface area contributed by atoms with Gasteiger partial charge >= 0.3 is 5.97 Å². The number of nitrogens with zero attached hydrogens (tertiary/aromatic N) is 1. The minimum atomic E-state index is -3.48. The van der Waals surface area contributed by atoms with Crippen molar-refractivity contribution in [2.45, 2.75) is 25.2 Å². The number of sulfonamides is 1. The molecule has 0 aliphatic rings. The van der Waals surface area contributed by atoms with Crippen LogP contribution in [-0.4, -0.2) is 39.1 Å². The molecule has 0 bridgehead atoms. The van der Waals surface area contributed by atoms with Crippen LogP contribution in [0.25, 0.3) is 0 Å². The first-order valence-corrected chi connectivity index (χ1v) is 7.95. The summed E-state index contributed by atoms with van der Waals surface area (Å²) in [5.41, 5.74) is 0.685. The van der Waals surface area contributed by atoms with Crippen molar-refractivity contribution >= 4 is 21.7 Å². The first-order chi connectivity index (χ1) is 9.40. The lowest BCUT2D eigenvalue weighted by molar-refractivity contribution is -0.135. The van der Waals surface area contributed by atoms with Crippen molar-refractivity contribution in [3.63, 3.8) is 0 Å². The second-order valence-electron chi connectivity index (χ2n) is 4.30. The van der Waals surface area contributed by atoms with E-state index in [0.717, 1.165) is 6.42 Å². The number of carbonyl (C=O) groups is 1. The maximum absolute atomic E-state index is 11.9. The third kappa shape index (κ3) is 4.50. The molecule has 1 aromatic rings. The smallest absolute Gasteiger partial charge is 0.323 e. The molecule has 1 aromatic carbocycles. The molecule has 20 heavy (non-hydrogen) atoms. The van der Waals surface area contributed by atoms with Gasteiger partial charge in [-0.2, -0.15) is 0 Å². The van der Waals surface area contributed by atoms with E-state index in [1.54, 1.807) is 17.0 Å². The Morgan fingerprint density at radius 1 is 1.25 bits per heavy atom. The fourth-order valence-electron chi connectivity index (χ4n) is 1.70. The Morgan fingerprint density at radius 2 is 1.85 bits per heavy atom. The van der Waals surface area contributed by atoms with Crippen LogP contribution in [0.4, 0.5) is 5.69 Å². The summed E-state index contributed by atoms with van der Waals surface area (Å²) in [6.07, 6.45) is 0.722. The Balaban J connectivity index is 2.90. The highest BCUT2D eigenvalue weighted by atomic mass is 32.2. The normalized spacial score (nSPS) is 11.3. The monoisotopic (exact) mass is 300 g/mol.